The van der Waals surface area contributed by atoms with Crippen molar-refractivity contribution in [1.82, 2.24) is 9.97 Å². The van der Waals surface area contributed by atoms with Crippen molar-refractivity contribution in [1.29, 1.82) is 5.26 Å². The van der Waals surface area contributed by atoms with Crippen molar-refractivity contribution in [2.45, 2.75) is 0 Å². The fourth-order valence-corrected chi connectivity index (χ4v) is 1.41. The van der Waals surface area contributed by atoms with Gasteiger partial charge in [0.1, 0.15) is 0 Å². The number of anilines is 2. The fraction of sp³-hybridized carbons (Fsp3) is 0. The Bertz CT molecular complexity index is 513. The van der Waals surface area contributed by atoms with E-state index in [4.69, 9.17) is 5.26 Å². The summed E-state index contributed by atoms with van der Waals surface area (Å²) in [5.41, 5.74) is 1.49. The fourth-order valence-electron chi connectivity index (χ4n) is 1.13. The Morgan fingerprint density at radius 1 is 1.12 bits per heavy atom. The van der Waals surface area contributed by atoms with E-state index in [0.717, 1.165) is 9.26 Å². The summed E-state index contributed by atoms with van der Waals surface area (Å²) in [6.45, 7) is 0. The Morgan fingerprint density at radius 3 is 2.31 bits per heavy atom. The zero-order valence-corrected chi connectivity index (χ0v) is 10.3. The summed E-state index contributed by atoms with van der Waals surface area (Å²) in [4.78, 5) is 8.24. The van der Waals surface area contributed by atoms with E-state index in [1.54, 1.807) is 24.5 Å². The molecule has 16 heavy (non-hydrogen) atoms. The Morgan fingerprint density at radius 2 is 1.75 bits per heavy atom. The van der Waals surface area contributed by atoms with Gasteiger partial charge in [-0.3, -0.25) is 0 Å². The zero-order valence-electron chi connectivity index (χ0n) is 8.18. The number of halogens is 1. The summed E-state index contributed by atoms with van der Waals surface area (Å²) < 4.78 is 0.989. The van der Waals surface area contributed by atoms with Crippen molar-refractivity contribution < 1.29 is 0 Å². The van der Waals surface area contributed by atoms with E-state index in [-0.39, 0.29) is 0 Å². The SMILES string of the molecule is N#Cc1ccc(Nc2ncc(I)cn2)cc1. The van der Waals surface area contributed by atoms with Gasteiger partial charge in [0, 0.05) is 21.7 Å². The minimum absolute atomic E-state index is 0.546. The summed E-state index contributed by atoms with van der Waals surface area (Å²) in [5.74, 6) is 0.546. The van der Waals surface area contributed by atoms with E-state index in [2.05, 4.69) is 43.9 Å². The van der Waals surface area contributed by atoms with Gasteiger partial charge in [-0.1, -0.05) is 0 Å². The van der Waals surface area contributed by atoms with Crippen LogP contribution in [0.3, 0.4) is 0 Å². The molecule has 4 nitrogen and oxygen atoms in total. The molecule has 0 unspecified atom stereocenters. The summed E-state index contributed by atoms with van der Waals surface area (Å²) in [5, 5.41) is 11.7. The van der Waals surface area contributed by atoms with Crippen molar-refractivity contribution in [3.8, 4) is 6.07 Å². The molecule has 2 rings (SSSR count). The number of aromatic nitrogens is 2. The molecular formula is C11H7IN4. The summed E-state index contributed by atoms with van der Waals surface area (Å²) in [6.07, 6.45) is 3.47. The molecule has 0 radical (unpaired) electrons. The topological polar surface area (TPSA) is 61.6 Å². The van der Waals surface area contributed by atoms with Crippen LogP contribution in [0.25, 0.3) is 0 Å². The highest BCUT2D eigenvalue weighted by atomic mass is 127. The number of hydrogen-bond acceptors (Lipinski definition) is 4. The molecule has 0 atom stereocenters. The molecule has 0 aliphatic heterocycles. The van der Waals surface area contributed by atoms with Crippen LogP contribution in [0, 0.1) is 14.9 Å². The van der Waals surface area contributed by atoms with E-state index >= 15 is 0 Å². The lowest BCUT2D eigenvalue weighted by molar-refractivity contribution is 1.15. The lowest BCUT2D eigenvalue weighted by atomic mass is 10.2. The van der Waals surface area contributed by atoms with Crippen molar-refractivity contribution in [2.75, 3.05) is 5.32 Å². The lowest BCUT2D eigenvalue weighted by Gasteiger charge is -2.03. The molecule has 0 amide bonds. The first kappa shape index (κ1) is 10.8. The van der Waals surface area contributed by atoms with Crippen LogP contribution in [-0.2, 0) is 0 Å². The van der Waals surface area contributed by atoms with Crippen LogP contribution in [0.15, 0.2) is 36.7 Å². The number of nitriles is 1. The van der Waals surface area contributed by atoms with Crippen molar-refractivity contribution in [2.24, 2.45) is 0 Å². The highest BCUT2D eigenvalue weighted by Crippen LogP contribution is 2.13. The normalized spacial score (nSPS) is 9.50. The molecule has 1 aromatic carbocycles. The molecule has 0 aliphatic carbocycles. The smallest absolute Gasteiger partial charge is 0.227 e. The van der Waals surface area contributed by atoms with Crippen LogP contribution in [0.2, 0.25) is 0 Å². The van der Waals surface area contributed by atoms with Crippen LogP contribution in [-0.4, -0.2) is 9.97 Å². The monoisotopic (exact) mass is 322 g/mol. The van der Waals surface area contributed by atoms with E-state index in [0.29, 0.717) is 11.5 Å². The molecular weight excluding hydrogens is 315 g/mol. The minimum Gasteiger partial charge on any atom is -0.324 e. The molecule has 0 saturated carbocycles. The Balaban J connectivity index is 2.15. The number of hydrogen-bond donors (Lipinski definition) is 1. The Hall–Kier alpha value is -1.68. The molecule has 5 heteroatoms. The van der Waals surface area contributed by atoms with Crippen LogP contribution in [0.1, 0.15) is 5.56 Å². The molecule has 0 saturated heterocycles. The van der Waals surface area contributed by atoms with Gasteiger partial charge in [-0.15, -0.1) is 0 Å². The molecule has 1 heterocycles. The third-order valence-electron chi connectivity index (χ3n) is 1.89. The largest absolute Gasteiger partial charge is 0.324 e. The number of nitrogens with zero attached hydrogens (tertiary/aromatic N) is 3. The minimum atomic E-state index is 0.546. The van der Waals surface area contributed by atoms with Crippen LogP contribution < -0.4 is 5.32 Å². The van der Waals surface area contributed by atoms with E-state index < -0.39 is 0 Å². The number of rotatable bonds is 2. The molecule has 2 aromatic rings. The number of benzene rings is 1. The van der Waals surface area contributed by atoms with Gasteiger partial charge in [-0.25, -0.2) is 9.97 Å². The number of nitrogens with one attached hydrogen (secondary N) is 1. The molecule has 0 fully saturated rings. The summed E-state index contributed by atoms with van der Waals surface area (Å²) in [7, 11) is 0. The summed E-state index contributed by atoms with van der Waals surface area (Å²) >= 11 is 2.15. The first-order valence-electron chi connectivity index (χ1n) is 4.52. The average Bonchev–Trinajstić information content (AvgIpc) is 2.33. The van der Waals surface area contributed by atoms with Crippen LogP contribution in [0.5, 0.6) is 0 Å². The predicted octanol–water partition coefficient (Wildman–Crippen LogP) is 2.70. The summed E-state index contributed by atoms with van der Waals surface area (Å²) in [6, 6.07) is 9.19. The molecule has 0 spiro atoms. The highest BCUT2D eigenvalue weighted by Gasteiger charge is 1.97. The quantitative estimate of drug-likeness (QED) is 0.864. The van der Waals surface area contributed by atoms with Gasteiger partial charge in [0.15, 0.2) is 0 Å². The van der Waals surface area contributed by atoms with Gasteiger partial charge in [0.05, 0.1) is 11.6 Å². The van der Waals surface area contributed by atoms with Gasteiger partial charge in [0.2, 0.25) is 5.95 Å². The Kier molecular flexibility index (Phi) is 3.31. The van der Waals surface area contributed by atoms with Crippen LogP contribution >= 0.6 is 22.6 Å². The van der Waals surface area contributed by atoms with Crippen molar-refractivity contribution in [3.63, 3.8) is 0 Å². The van der Waals surface area contributed by atoms with E-state index in [9.17, 15) is 0 Å². The molecule has 1 N–H and O–H groups in total. The van der Waals surface area contributed by atoms with Crippen molar-refractivity contribution >= 4 is 34.2 Å². The maximum absolute atomic E-state index is 8.65. The molecule has 78 valence electrons. The maximum atomic E-state index is 8.65. The average molecular weight is 322 g/mol. The van der Waals surface area contributed by atoms with Gasteiger partial charge >= 0.3 is 0 Å². The second-order valence-corrected chi connectivity index (χ2v) is 4.28. The van der Waals surface area contributed by atoms with Gasteiger partial charge in [0.25, 0.3) is 0 Å². The second kappa shape index (κ2) is 4.90. The molecule has 1 aromatic heterocycles. The third-order valence-corrected chi connectivity index (χ3v) is 2.45. The zero-order chi connectivity index (χ0) is 11.4. The first-order chi connectivity index (χ1) is 7.78. The van der Waals surface area contributed by atoms with Crippen molar-refractivity contribution in [3.05, 3.63) is 45.8 Å². The first-order valence-corrected chi connectivity index (χ1v) is 5.60. The molecule has 0 bridgehead atoms. The van der Waals surface area contributed by atoms with Gasteiger partial charge in [-0.05, 0) is 46.9 Å². The standard InChI is InChI=1S/C11H7IN4/c12-9-6-14-11(15-7-9)16-10-3-1-8(5-13)2-4-10/h1-4,6-7H,(H,14,15,16). The van der Waals surface area contributed by atoms with E-state index in [1.165, 1.54) is 0 Å². The van der Waals surface area contributed by atoms with Crippen LogP contribution in [0.4, 0.5) is 11.6 Å². The highest BCUT2D eigenvalue weighted by molar-refractivity contribution is 14.1. The maximum Gasteiger partial charge on any atom is 0.227 e. The molecule has 0 aliphatic rings. The van der Waals surface area contributed by atoms with Gasteiger partial charge < -0.3 is 5.32 Å². The third kappa shape index (κ3) is 2.67. The lowest BCUT2D eigenvalue weighted by Crippen LogP contribution is -1.96. The van der Waals surface area contributed by atoms with E-state index in [1.807, 2.05) is 12.1 Å². The predicted molar refractivity (Wildman–Crippen MR) is 69.2 cm³/mol. The second-order valence-electron chi connectivity index (χ2n) is 3.04. The van der Waals surface area contributed by atoms with Gasteiger partial charge in [-0.2, -0.15) is 5.26 Å². The Labute approximate surface area is 106 Å².